The van der Waals surface area contributed by atoms with Crippen LogP contribution >= 0.6 is 0 Å². The molecule has 0 amide bonds. The van der Waals surface area contributed by atoms with E-state index < -0.39 is 12.2 Å². The van der Waals surface area contributed by atoms with Crippen LogP contribution in [0.25, 0.3) is 0 Å². The maximum atomic E-state index is 9.92. The minimum atomic E-state index is -0.552. The normalized spacial score (nSPS) is 37.5. The van der Waals surface area contributed by atoms with E-state index in [4.69, 9.17) is 0 Å². The molecule has 2 nitrogen and oxygen atoms in total. The van der Waals surface area contributed by atoms with Crippen molar-refractivity contribution in [2.24, 2.45) is 0 Å². The molecule has 0 saturated carbocycles. The minimum Gasteiger partial charge on any atom is -0.390 e. The van der Waals surface area contributed by atoms with Crippen LogP contribution in [-0.4, -0.2) is 22.4 Å². The molecule has 0 heterocycles. The van der Waals surface area contributed by atoms with Gasteiger partial charge in [-0.2, -0.15) is 0 Å². The average Bonchev–Trinajstić information content (AvgIpc) is 2.42. The van der Waals surface area contributed by atoms with Crippen LogP contribution in [0.4, 0.5) is 0 Å². The maximum Gasteiger partial charge on any atom is 0.0799 e. The summed E-state index contributed by atoms with van der Waals surface area (Å²) in [5.41, 5.74) is 2.69. The Balaban J connectivity index is 2.03. The second-order valence-electron chi connectivity index (χ2n) is 5.83. The van der Waals surface area contributed by atoms with Crippen LogP contribution in [0.1, 0.15) is 51.4 Å². The van der Waals surface area contributed by atoms with Crippen LogP contribution in [0, 0.1) is 0 Å². The van der Waals surface area contributed by atoms with Crippen molar-refractivity contribution in [2.75, 3.05) is 0 Å². The van der Waals surface area contributed by atoms with Gasteiger partial charge in [0.05, 0.1) is 12.2 Å². The third-order valence-electron chi connectivity index (χ3n) is 4.12. The Hall–Kier alpha value is -1.12. The first-order chi connectivity index (χ1) is 9.75. The maximum absolute atomic E-state index is 9.92. The fourth-order valence-electron chi connectivity index (χ4n) is 2.77. The molecule has 0 spiro atoms. The van der Waals surface area contributed by atoms with Crippen LogP contribution in [0.2, 0.25) is 0 Å². The zero-order valence-electron chi connectivity index (χ0n) is 12.2. The summed E-state index contributed by atoms with van der Waals surface area (Å²) in [5.74, 6) is 0. The van der Waals surface area contributed by atoms with Crippen molar-refractivity contribution in [1.82, 2.24) is 0 Å². The smallest absolute Gasteiger partial charge is 0.0799 e. The van der Waals surface area contributed by atoms with E-state index in [0.717, 1.165) is 38.5 Å². The number of rotatable bonds is 0. The number of allylic oxidation sites excluding steroid dienone is 8. The first kappa shape index (κ1) is 15.3. The Morgan fingerprint density at radius 2 is 1.15 bits per heavy atom. The van der Waals surface area contributed by atoms with E-state index in [-0.39, 0.29) is 0 Å². The van der Waals surface area contributed by atoms with E-state index >= 15 is 0 Å². The van der Waals surface area contributed by atoms with Crippen molar-refractivity contribution in [3.8, 4) is 0 Å². The summed E-state index contributed by atoms with van der Waals surface area (Å²) >= 11 is 0. The van der Waals surface area contributed by atoms with Gasteiger partial charge in [0.15, 0.2) is 0 Å². The quantitative estimate of drug-likeness (QED) is 0.705. The molecule has 0 fully saturated rings. The number of aliphatic hydroxyl groups excluding tert-OH is 2. The van der Waals surface area contributed by atoms with Gasteiger partial charge in [0.25, 0.3) is 0 Å². The topological polar surface area (TPSA) is 40.5 Å². The van der Waals surface area contributed by atoms with E-state index in [0.29, 0.717) is 12.8 Å². The van der Waals surface area contributed by atoms with Crippen molar-refractivity contribution < 1.29 is 10.2 Å². The van der Waals surface area contributed by atoms with E-state index in [1.54, 1.807) is 0 Å². The van der Waals surface area contributed by atoms with Gasteiger partial charge in [0.1, 0.15) is 0 Å². The molecule has 2 rings (SSSR count). The van der Waals surface area contributed by atoms with Gasteiger partial charge in [-0.1, -0.05) is 49.3 Å². The standard InChI is InChI=1S/C18H26O2/c19-17-11-5-3-9-15-7-1-2-8-16(14-13-15)10-4-6-12-18(17)20/h1-2,7-8,13-14,17-20H,3-6,9-12H2/b2-1?,7-1-,8-2-,14-13?,15-7?,15-13+,16-8?,16-14+. The second-order valence-corrected chi connectivity index (χ2v) is 5.83. The highest BCUT2D eigenvalue weighted by atomic mass is 16.3. The van der Waals surface area contributed by atoms with Crippen molar-refractivity contribution >= 4 is 0 Å². The summed E-state index contributed by atoms with van der Waals surface area (Å²) in [7, 11) is 0. The SMILES string of the molecule is OC1CCCCC2=C/C=C(\C=C/C=C\2)CCCCC1O. The molecular formula is C18H26O2. The molecule has 2 bridgehead atoms. The summed E-state index contributed by atoms with van der Waals surface area (Å²) in [5, 5.41) is 19.8. The van der Waals surface area contributed by atoms with Gasteiger partial charge in [0, 0.05) is 0 Å². The second kappa shape index (κ2) is 8.23. The lowest BCUT2D eigenvalue weighted by molar-refractivity contribution is 0.00733. The molecule has 0 aromatic heterocycles. The Labute approximate surface area is 122 Å². The van der Waals surface area contributed by atoms with E-state index in [1.165, 1.54) is 11.1 Å². The van der Waals surface area contributed by atoms with Crippen LogP contribution in [0.15, 0.2) is 47.6 Å². The van der Waals surface area contributed by atoms with Gasteiger partial charge >= 0.3 is 0 Å². The summed E-state index contributed by atoms with van der Waals surface area (Å²) in [6, 6.07) is 0. The zero-order valence-corrected chi connectivity index (χ0v) is 12.2. The van der Waals surface area contributed by atoms with Gasteiger partial charge < -0.3 is 10.2 Å². The lowest BCUT2D eigenvalue weighted by Crippen LogP contribution is -2.25. The monoisotopic (exact) mass is 274 g/mol. The molecule has 110 valence electrons. The Kier molecular flexibility index (Phi) is 6.28. The predicted molar refractivity (Wildman–Crippen MR) is 83.4 cm³/mol. The Bertz CT molecular complexity index is 375. The molecule has 0 aromatic carbocycles. The summed E-state index contributed by atoms with van der Waals surface area (Å²) in [6.07, 6.45) is 19.5. The van der Waals surface area contributed by atoms with E-state index in [2.05, 4.69) is 36.5 Å². The lowest BCUT2D eigenvalue weighted by atomic mass is 9.96. The largest absolute Gasteiger partial charge is 0.390 e. The highest BCUT2D eigenvalue weighted by Crippen LogP contribution is 2.20. The van der Waals surface area contributed by atoms with Crippen molar-refractivity contribution in [2.45, 2.75) is 63.6 Å². The molecule has 2 aliphatic rings. The molecule has 0 saturated heterocycles. The first-order valence-corrected chi connectivity index (χ1v) is 7.86. The average molecular weight is 274 g/mol. The molecule has 2 atom stereocenters. The fraction of sp³-hybridized carbons (Fsp3) is 0.556. The minimum absolute atomic E-state index is 0.552. The van der Waals surface area contributed by atoms with Crippen LogP contribution in [0.5, 0.6) is 0 Å². The molecule has 2 N–H and O–H groups in total. The van der Waals surface area contributed by atoms with E-state index in [9.17, 15) is 10.2 Å². The van der Waals surface area contributed by atoms with Crippen LogP contribution < -0.4 is 0 Å². The Morgan fingerprint density at radius 1 is 0.700 bits per heavy atom. The van der Waals surface area contributed by atoms with Gasteiger partial charge in [-0.15, -0.1) is 0 Å². The molecular weight excluding hydrogens is 248 g/mol. The Morgan fingerprint density at radius 3 is 1.60 bits per heavy atom. The van der Waals surface area contributed by atoms with Crippen molar-refractivity contribution in [3.05, 3.63) is 47.6 Å². The lowest BCUT2D eigenvalue weighted by Gasteiger charge is -2.18. The molecule has 20 heavy (non-hydrogen) atoms. The zero-order chi connectivity index (χ0) is 14.2. The molecule has 0 radical (unpaired) electrons. The van der Waals surface area contributed by atoms with Crippen molar-refractivity contribution in [3.63, 3.8) is 0 Å². The van der Waals surface area contributed by atoms with Gasteiger partial charge in [-0.3, -0.25) is 0 Å². The number of aliphatic hydroxyl groups is 2. The third-order valence-corrected chi connectivity index (χ3v) is 4.12. The summed E-state index contributed by atoms with van der Waals surface area (Å²) in [6.45, 7) is 0. The first-order valence-electron chi connectivity index (χ1n) is 7.86. The number of fused-ring (bicyclic) bond motifs is 1. The molecule has 2 heteroatoms. The fourth-order valence-corrected chi connectivity index (χ4v) is 2.77. The third kappa shape index (κ3) is 5.10. The predicted octanol–water partition coefficient (Wildman–Crippen LogP) is 3.82. The van der Waals surface area contributed by atoms with Crippen LogP contribution in [-0.2, 0) is 0 Å². The highest BCUT2D eigenvalue weighted by molar-refractivity contribution is 5.35. The van der Waals surface area contributed by atoms with Gasteiger partial charge in [-0.25, -0.2) is 0 Å². The summed E-state index contributed by atoms with van der Waals surface area (Å²) in [4.78, 5) is 0. The molecule has 2 aliphatic carbocycles. The molecule has 0 aliphatic heterocycles. The molecule has 0 aromatic rings. The number of hydrogen-bond donors (Lipinski definition) is 2. The summed E-state index contributed by atoms with van der Waals surface area (Å²) < 4.78 is 0. The highest BCUT2D eigenvalue weighted by Gasteiger charge is 2.15. The van der Waals surface area contributed by atoms with Crippen LogP contribution in [0.3, 0.4) is 0 Å². The number of hydrogen-bond acceptors (Lipinski definition) is 2. The van der Waals surface area contributed by atoms with Gasteiger partial charge in [-0.05, 0) is 49.7 Å². The van der Waals surface area contributed by atoms with E-state index in [1.807, 2.05) is 0 Å². The molecule has 2 unspecified atom stereocenters. The van der Waals surface area contributed by atoms with Crippen molar-refractivity contribution in [1.29, 1.82) is 0 Å². The van der Waals surface area contributed by atoms with Gasteiger partial charge in [0.2, 0.25) is 0 Å².